The molecule has 9 nitrogen and oxygen atoms in total. The third kappa shape index (κ3) is 6.12. The van der Waals surface area contributed by atoms with Gasteiger partial charge in [0.05, 0.1) is 24.5 Å². The van der Waals surface area contributed by atoms with E-state index < -0.39 is 5.91 Å². The van der Waals surface area contributed by atoms with E-state index in [0.717, 1.165) is 17.9 Å². The number of aryl methyl sites for hydroxylation is 1. The Hall–Kier alpha value is -2.82. The van der Waals surface area contributed by atoms with Crippen molar-refractivity contribution < 1.29 is 14.3 Å². The molecular formula is C21H24ClN5O4S. The Balaban J connectivity index is 0.000000352. The van der Waals surface area contributed by atoms with Gasteiger partial charge in [0.15, 0.2) is 0 Å². The van der Waals surface area contributed by atoms with Gasteiger partial charge in [-0.3, -0.25) is 19.9 Å². The van der Waals surface area contributed by atoms with E-state index in [4.69, 9.17) is 21.1 Å². The average molecular weight is 478 g/mol. The van der Waals surface area contributed by atoms with Gasteiger partial charge in [-0.05, 0) is 57.1 Å². The number of aromatic amines is 1. The third-order valence-electron chi connectivity index (χ3n) is 4.70. The molecule has 0 aromatic carbocycles. The molecule has 0 atom stereocenters. The number of amides is 1. The highest BCUT2D eigenvalue weighted by Gasteiger charge is 2.22. The zero-order chi connectivity index (χ0) is 23.3. The minimum Gasteiger partial charge on any atom is -0.494 e. The zero-order valence-corrected chi connectivity index (χ0v) is 19.8. The van der Waals surface area contributed by atoms with Gasteiger partial charge in [-0.2, -0.15) is 0 Å². The van der Waals surface area contributed by atoms with Crippen LogP contribution in [-0.2, 0) is 4.74 Å². The molecule has 11 heteroatoms. The molecule has 1 amide bonds. The van der Waals surface area contributed by atoms with Crippen molar-refractivity contribution in [3.63, 3.8) is 0 Å². The van der Waals surface area contributed by atoms with Crippen LogP contribution < -0.4 is 14.9 Å². The van der Waals surface area contributed by atoms with Crippen LogP contribution >= 0.6 is 22.9 Å². The molecule has 0 unspecified atom stereocenters. The number of ether oxygens (including phenoxy) is 2. The number of nitrogens with one attached hydrogen (secondary N) is 2. The predicted molar refractivity (Wildman–Crippen MR) is 124 cm³/mol. The normalized spacial score (nSPS) is 14.4. The zero-order valence-electron chi connectivity index (χ0n) is 18.2. The summed E-state index contributed by atoms with van der Waals surface area (Å²) in [5.74, 6) is 0.00807. The quantitative estimate of drug-likeness (QED) is 0.543. The van der Waals surface area contributed by atoms with Gasteiger partial charge in [0.1, 0.15) is 10.9 Å². The van der Waals surface area contributed by atoms with Crippen molar-refractivity contribution in [2.45, 2.75) is 39.2 Å². The van der Waals surface area contributed by atoms with E-state index in [1.807, 2.05) is 0 Å². The molecule has 1 saturated heterocycles. The first-order valence-corrected chi connectivity index (χ1v) is 11.1. The predicted octanol–water partition coefficient (Wildman–Crippen LogP) is 4.09. The van der Waals surface area contributed by atoms with E-state index >= 15 is 0 Å². The number of H-pyrrole nitrogens is 1. The molecular weight excluding hydrogens is 454 g/mol. The van der Waals surface area contributed by atoms with Crippen molar-refractivity contribution in [3.8, 4) is 16.9 Å². The molecule has 1 aliphatic rings. The maximum absolute atomic E-state index is 12.6. The molecule has 0 saturated carbocycles. The summed E-state index contributed by atoms with van der Waals surface area (Å²) in [6, 6.07) is 3.36. The molecule has 0 radical (unpaired) electrons. The first-order chi connectivity index (χ1) is 15.2. The molecule has 4 rings (SSSR count). The summed E-state index contributed by atoms with van der Waals surface area (Å²) in [5, 5.41) is 8.97. The monoisotopic (exact) mass is 477 g/mol. The van der Waals surface area contributed by atoms with Gasteiger partial charge in [-0.15, -0.1) is 5.10 Å². The molecule has 0 bridgehead atoms. The van der Waals surface area contributed by atoms with E-state index in [1.165, 1.54) is 32.3 Å². The molecule has 170 valence electrons. The van der Waals surface area contributed by atoms with E-state index in [0.29, 0.717) is 22.6 Å². The second kappa shape index (κ2) is 10.2. The van der Waals surface area contributed by atoms with E-state index in [9.17, 15) is 9.59 Å². The van der Waals surface area contributed by atoms with Gasteiger partial charge in [-0.1, -0.05) is 11.6 Å². The fourth-order valence-electron chi connectivity index (χ4n) is 3.12. The third-order valence-corrected chi connectivity index (χ3v) is 5.57. The Bertz CT molecular complexity index is 1150. The van der Waals surface area contributed by atoms with Crippen molar-refractivity contribution in [3.05, 3.63) is 50.6 Å². The summed E-state index contributed by atoms with van der Waals surface area (Å²) in [6.07, 6.45) is 5.40. The summed E-state index contributed by atoms with van der Waals surface area (Å²) in [4.78, 5) is 31.6. The molecule has 4 heterocycles. The number of carbonyl (C=O) groups excluding carboxylic acids is 1. The van der Waals surface area contributed by atoms with E-state index in [1.54, 1.807) is 19.1 Å². The fraction of sp³-hybridized carbons (Fsp3) is 0.381. The Morgan fingerprint density at radius 1 is 1.28 bits per heavy atom. The first kappa shape index (κ1) is 23.8. The van der Waals surface area contributed by atoms with Crippen LogP contribution in [0, 0.1) is 6.92 Å². The summed E-state index contributed by atoms with van der Waals surface area (Å²) in [7, 11) is 1.50. The maximum atomic E-state index is 12.6. The van der Waals surface area contributed by atoms with Gasteiger partial charge in [0.25, 0.3) is 5.91 Å². The highest BCUT2D eigenvalue weighted by molar-refractivity contribution is 7.13. The highest BCUT2D eigenvalue weighted by Crippen LogP contribution is 2.34. The Labute approximate surface area is 194 Å². The van der Waals surface area contributed by atoms with Crippen molar-refractivity contribution in [2.75, 3.05) is 19.0 Å². The summed E-state index contributed by atoms with van der Waals surface area (Å²) in [5.41, 5.74) is 2.38. The smallest absolute Gasteiger partial charge is 0.324 e. The second-order valence-electron chi connectivity index (χ2n) is 7.66. The molecule has 1 fully saturated rings. The minimum absolute atomic E-state index is 0.168. The molecule has 3 aromatic rings. The van der Waals surface area contributed by atoms with Crippen LogP contribution in [0.1, 0.15) is 42.7 Å². The van der Waals surface area contributed by atoms with Gasteiger partial charge >= 0.3 is 4.87 Å². The number of pyridine rings is 2. The number of halogens is 1. The Kier molecular flexibility index (Phi) is 7.60. The number of nitrogens with zero attached hydrogens (tertiary/aromatic N) is 3. The number of aromatic nitrogens is 4. The number of hydrogen-bond donors (Lipinski definition) is 2. The van der Waals surface area contributed by atoms with Crippen molar-refractivity contribution in [1.29, 1.82) is 0 Å². The maximum Gasteiger partial charge on any atom is 0.324 e. The van der Waals surface area contributed by atoms with E-state index in [2.05, 4.69) is 39.3 Å². The molecule has 32 heavy (non-hydrogen) atoms. The van der Waals surface area contributed by atoms with E-state index in [-0.39, 0.29) is 26.3 Å². The highest BCUT2D eigenvalue weighted by atomic mass is 35.5. The van der Waals surface area contributed by atoms with Crippen LogP contribution in [-0.4, -0.2) is 45.4 Å². The lowest BCUT2D eigenvalue weighted by Crippen LogP contribution is -2.15. The Morgan fingerprint density at radius 2 is 2.06 bits per heavy atom. The number of methoxy groups -OCH3 is 1. The molecule has 0 aliphatic carbocycles. The summed E-state index contributed by atoms with van der Waals surface area (Å²) in [6.45, 7) is 7.05. The van der Waals surface area contributed by atoms with Crippen LogP contribution in [0.4, 0.5) is 5.13 Å². The standard InChI is InChI=1S/C15H12ClN5O3S.C6H12O/c1-7-3-8(9-4-12(16)18-6-11(9)24-2)10(5-17-7)13(22)19-14-20-21-15(23)25-14;1-6(2)4-3-5-7-6/h3-6H,1-2H3,(H,21,23)(H,19,20,22);3-5H2,1-2H3. The molecule has 2 N–H and O–H groups in total. The van der Waals surface area contributed by atoms with Crippen molar-refractivity contribution >= 4 is 34.0 Å². The largest absolute Gasteiger partial charge is 0.494 e. The van der Waals surface area contributed by atoms with Crippen LogP contribution in [0.15, 0.2) is 29.3 Å². The lowest BCUT2D eigenvalue weighted by molar-refractivity contribution is 0.0367. The minimum atomic E-state index is -0.458. The Morgan fingerprint density at radius 3 is 2.62 bits per heavy atom. The second-order valence-corrected chi connectivity index (χ2v) is 9.01. The van der Waals surface area contributed by atoms with Crippen molar-refractivity contribution in [2.24, 2.45) is 0 Å². The first-order valence-electron chi connectivity index (χ1n) is 9.86. The summed E-state index contributed by atoms with van der Waals surface area (Å²) < 4.78 is 10.7. The van der Waals surface area contributed by atoms with Gasteiger partial charge < -0.3 is 9.47 Å². The van der Waals surface area contributed by atoms with Crippen LogP contribution in [0.2, 0.25) is 5.15 Å². The number of carbonyl (C=O) groups is 1. The molecule has 3 aromatic heterocycles. The van der Waals surface area contributed by atoms with Crippen molar-refractivity contribution in [1.82, 2.24) is 20.2 Å². The van der Waals surface area contributed by atoms with Crippen LogP contribution in [0.3, 0.4) is 0 Å². The van der Waals surface area contributed by atoms with Gasteiger partial charge in [0, 0.05) is 29.6 Å². The van der Waals surface area contributed by atoms with Crippen LogP contribution in [0.25, 0.3) is 11.1 Å². The number of anilines is 1. The molecule has 0 spiro atoms. The lowest BCUT2D eigenvalue weighted by atomic mass is 10.0. The topological polar surface area (TPSA) is 119 Å². The lowest BCUT2D eigenvalue weighted by Gasteiger charge is -2.14. The van der Waals surface area contributed by atoms with Gasteiger partial charge in [-0.25, -0.2) is 10.1 Å². The fourth-order valence-corrected chi connectivity index (χ4v) is 3.78. The van der Waals surface area contributed by atoms with Gasteiger partial charge in [0.2, 0.25) is 5.13 Å². The SMILES string of the molecule is CC1(C)CCCO1.COc1cnc(Cl)cc1-c1cc(C)ncc1C(=O)Nc1n[nH]c(=O)s1. The average Bonchev–Trinajstić information content (AvgIpc) is 3.35. The number of rotatable bonds is 4. The number of hydrogen-bond acceptors (Lipinski definition) is 8. The summed E-state index contributed by atoms with van der Waals surface area (Å²) >= 11 is 6.79. The molecule has 1 aliphatic heterocycles. The van der Waals surface area contributed by atoms with Crippen LogP contribution in [0.5, 0.6) is 5.75 Å².